The molecule has 1 N–H and O–H groups in total. The third-order valence-electron chi connectivity index (χ3n) is 4.36. The second-order valence-corrected chi connectivity index (χ2v) is 6.54. The summed E-state index contributed by atoms with van der Waals surface area (Å²) in [6.07, 6.45) is 6.75. The van der Waals surface area contributed by atoms with Gasteiger partial charge in [-0.25, -0.2) is 4.98 Å². The van der Waals surface area contributed by atoms with Crippen molar-refractivity contribution in [1.29, 1.82) is 0 Å². The third kappa shape index (κ3) is 4.42. The molecule has 1 aromatic carbocycles. The number of halogens is 1. The summed E-state index contributed by atoms with van der Waals surface area (Å²) in [7, 11) is 1.55. The Labute approximate surface area is 153 Å². The van der Waals surface area contributed by atoms with Crippen LogP contribution in [0.1, 0.15) is 36.2 Å². The predicted molar refractivity (Wildman–Crippen MR) is 101 cm³/mol. The molecule has 1 aliphatic rings. The zero-order chi connectivity index (χ0) is 17.6. The fraction of sp³-hybridized carbons (Fsp3) is 0.368. The Morgan fingerprint density at radius 2 is 1.92 bits per heavy atom. The first kappa shape index (κ1) is 17.5. The van der Waals surface area contributed by atoms with Crippen LogP contribution in [0.4, 0.5) is 11.4 Å². The minimum absolute atomic E-state index is 0.289. The van der Waals surface area contributed by atoms with Crippen LogP contribution in [0.5, 0.6) is 5.75 Å². The molecule has 3 rings (SSSR count). The predicted octanol–water partition coefficient (Wildman–Crippen LogP) is 4.38. The van der Waals surface area contributed by atoms with Gasteiger partial charge in [-0.3, -0.25) is 4.79 Å². The van der Waals surface area contributed by atoms with Crippen molar-refractivity contribution in [2.45, 2.75) is 25.7 Å². The number of anilines is 2. The van der Waals surface area contributed by atoms with Crippen molar-refractivity contribution < 1.29 is 9.53 Å². The van der Waals surface area contributed by atoms with Crippen LogP contribution >= 0.6 is 11.6 Å². The second-order valence-electron chi connectivity index (χ2n) is 6.10. The molecule has 1 fully saturated rings. The Bertz CT molecular complexity index is 726. The Morgan fingerprint density at radius 1 is 1.16 bits per heavy atom. The topological polar surface area (TPSA) is 54.5 Å². The lowest BCUT2D eigenvalue weighted by atomic mass is 10.2. The zero-order valence-electron chi connectivity index (χ0n) is 14.3. The average molecular weight is 360 g/mol. The van der Waals surface area contributed by atoms with Crippen molar-refractivity contribution in [2.24, 2.45) is 0 Å². The minimum atomic E-state index is -0.289. The lowest BCUT2D eigenvalue weighted by Crippen LogP contribution is -2.24. The maximum atomic E-state index is 12.5. The maximum Gasteiger partial charge on any atom is 0.274 e. The molecule has 0 atom stereocenters. The highest BCUT2D eigenvalue weighted by Crippen LogP contribution is 2.28. The highest BCUT2D eigenvalue weighted by molar-refractivity contribution is 6.31. The van der Waals surface area contributed by atoms with E-state index in [-0.39, 0.29) is 5.91 Å². The monoisotopic (exact) mass is 359 g/mol. The number of hydrogen-bond acceptors (Lipinski definition) is 4. The van der Waals surface area contributed by atoms with Crippen LogP contribution in [-0.2, 0) is 0 Å². The molecule has 6 heteroatoms. The van der Waals surface area contributed by atoms with E-state index in [1.165, 1.54) is 25.7 Å². The van der Waals surface area contributed by atoms with Gasteiger partial charge in [0.1, 0.15) is 11.4 Å². The number of carbonyl (C=O) groups is 1. The van der Waals surface area contributed by atoms with Crippen LogP contribution in [0.25, 0.3) is 0 Å². The lowest BCUT2D eigenvalue weighted by molar-refractivity contribution is 0.102. The number of ether oxygens (including phenoxy) is 1. The normalized spacial score (nSPS) is 14.7. The molecule has 1 amide bonds. The number of pyridine rings is 1. The van der Waals surface area contributed by atoms with E-state index < -0.39 is 0 Å². The lowest BCUT2D eigenvalue weighted by Gasteiger charge is -2.22. The van der Waals surface area contributed by atoms with Crippen LogP contribution in [0.15, 0.2) is 36.5 Å². The number of methoxy groups -OCH3 is 1. The molecular weight excluding hydrogens is 338 g/mol. The van der Waals surface area contributed by atoms with Gasteiger partial charge in [-0.1, -0.05) is 24.4 Å². The zero-order valence-corrected chi connectivity index (χ0v) is 15.1. The molecule has 1 aliphatic heterocycles. The molecule has 2 heterocycles. The number of nitrogens with zero attached hydrogens (tertiary/aromatic N) is 2. The van der Waals surface area contributed by atoms with E-state index in [1.807, 2.05) is 6.07 Å². The molecule has 0 aliphatic carbocycles. The third-order valence-corrected chi connectivity index (χ3v) is 4.60. The highest BCUT2D eigenvalue weighted by Gasteiger charge is 2.14. The summed E-state index contributed by atoms with van der Waals surface area (Å²) >= 11 is 6.00. The van der Waals surface area contributed by atoms with Gasteiger partial charge >= 0.3 is 0 Å². The van der Waals surface area contributed by atoms with Gasteiger partial charge in [-0.2, -0.15) is 0 Å². The van der Waals surface area contributed by atoms with E-state index in [9.17, 15) is 4.79 Å². The first-order valence-electron chi connectivity index (χ1n) is 8.53. The van der Waals surface area contributed by atoms with E-state index in [1.54, 1.807) is 37.6 Å². The number of aromatic nitrogens is 1. The largest absolute Gasteiger partial charge is 0.495 e. The standard InChI is InChI=1S/C19H22ClN3O2/c1-25-18-9-6-14(20)12-17(18)22-19(24)16-8-7-15(13-21-16)23-10-4-2-3-5-11-23/h6-9,12-13H,2-5,10-11H2,1H3,(H,22,24). The summed E-state index contributed by atoms with van der Waals surface area (Å²) in [5.41, 5.74) is 1.96. The number of carbonyl (C=O) groups excluding carboxylic acids is 1. The number of rotatable bonds is 4. The molecule has 1 saturated heterocycles. The van der Waals surface area contributed by atoms with Gasteiger partial charge in [0, 0.05) is 18.1 Å². The molecule has 0 bridgehead atoms. The summed E-state index contributed by atoms with van der Waals surface area (Å²) in [5, 5.41) is 3.33. The molecule has 5 nitrogen and oxygen atoms in total. The van der Waals surface area contributed by atoms with Crippen LogP contribution < -0.4 is 15.0 Å². The van der Waals surface area contributed by atoms with Gasteiger partial charge < -0.3 is 15.0 Å². The van der Waals surface area contributed by atoms with Crippen LogP contribution in [0, 0.1) is 0 Å². The van der Waals surface area contributed by atoms with Crippen LogP contribution in [0.3, 0.4) is 0 Å². The first-order valence-corrected chi connectivity index (χ1v) is 8.91. The molecule has 1 aromatic heterocycles. The minimum Gasteiger partial charge on any atom is -0.495 e. The van der Waals surface area contributed by atoms with E-state index in [4.69, 9.17) is 16.3 Å². The molecule has 132 valence electrons. The Kier molecular flexibility index (Phi) is 5.76. The van der Waals surface area contributed by atoms with Crippen molar-refractivity contribution in [1.82, 2.24) is 4.98 Å². The van der Waals surface area contributed by atoms with E-state index in [0.717, 1.165) is 18.8 Å². The van der Waals surface area contributed by atoms with E-state index in [2.05, 4.69) is 15.2 Å². The fourth-order valence-corrected chi connectivity index (χ4v) is 3.17. The number of amides is 1. The Hall–Kier alpha value is -2.27. The van der Waals surface area contributed by atoms with Crippen molar-refractivity contribution in [3.05, 3.63) is 47.2 Å². The number of benzene rings is 1. The van der Waals surface area contributed by atoms with Crippen molar-refractivity contribution in [3.63, 3.8) is 0 Å². The van der Waals surface area contributed by atoms with Gasteiger partial charge in [0.25, 0.3) is 5.91 Å². The van der Waals surface area contributed by atoms with Gasteiger partial charge in [0.15, 0.2) is 0 Å². The first-order chi connectivity index (χ1) is 12.2. The molecule has 0 radical (unpaired) electrons. The quantitative estimate of drug-likeness (QED) is 0.880. The number of hydrogen-bond donors (Lipinski definition) is 1. The molecular formula is C19H22ClN3O2. The highest BCUT2D eigenvalue weighted by atomic mass is 35.5. The van der Waals surface area contributed by atoms with Crippen LogP contribution in [-0.4, -0.2) is 31.1 Å². The Morgan fingerprint density at radius 3 is 2.56 bits per heavy atom. The summed E-state index contributed by atoms with van der Waals surface area (Å²) in [6, 6.07) is 8.80. The van der Waals surface area contributed by atoms with Crippen molar-refractivity contribution in [3.8, 4) is 5.75 Å². The second kappa shape index (κ2) is 8.21. The summed E-state index contributed by atoms with van der Waals surface area (Å²) in [5.74, 6) is 0.266. The maximum absolute atomic E-state index is 12.5. The van der Waals surface area contributed by atoms with Gasteiger partial charge in [-0.15, -0.1) is 0 Å². The molecule has 25 heavy (non-hydrogen) atoms. The fourth-order valence-electron chi connectivity index (χ4n) is 3.00. The smallest absolute Gasteiger partial charge is 0.274 e. The molecule has 0 spiro atoms. The molecule has 0 unspecified atom stereocenters. The SMILES string of the molecule is COc1ccc(Cl)cc1NC(=O)c1ccc(N2CCCCCC2)cn1. The van der Waals surface area contributed by atoms with Crippen molar-refractivity contribution >= 4 is 28.9 Å². The summed E-state index contributed by atoms with van der Waals surface area (Å²) in [6.45, 7) is 2.10. The molecule has 0 saturated carbocycles. The van der Waals surface area contributed by atoms with E-state index >= 15 is 0 Å². The van der Waals surface area contributed by atoms with E-state index in [0.29, 0.717) is 22.2 Å². The Balaban J connectivity index is 1.71. The molecule has 2 aromatic rings. The summed E-state index contributed by atoms with van der Waals surface area (Å²) in [4.78, 5) is 19.1. The summed E-state index contributed by atoms with van der Waals surface area (Å²) < 4.78 is 5.25. The van der Waals surface area contributed by atoms with Gasteiger partial charge in [0.05, 0.1) is 24.7 Å². The average Bonchev–Trinajstić information content (AvgIpc) is 2.91. The van der Waals surface area contributed by atoms with Crippen molar-refractivity contribution in [2.75, 3.05) is 30.4 Å². The van der Waals surface area contributed by atoms with Gasteiger partial charge in [0.2, 0.25) is 0 Å². The van der Waals surface area contributed by atoms with Crippen LogP contribution in [0.2, 0.25) is 5.02 Å². The number of nitrogens with one attached hydrogen (secondary N) is 1. The van der Waals surface area contributed by atoms with Gasteiger partial charge in [-0.05, 0) is 43.2 Å².